The Labute approximate surface area is 126 Å². The van der Waals surface area contributed by atoms with E-state index in [-0.39, 0.29) is 18.1 Å². The smallest absolute Gasteiger partial charge is 0.225 e. The fraction of sp³-hybridized carbons (Fsp3) is 0.500. The van der Waals surface area contributed by atoms with Crippen molar-refractivity contribution in [2.75, 3.05) is 6.54 Å². The molecule has 1 unspecified atom stereocenters. The molecule has 1 aromatic carbocycles. The second-order valence-electron chi connectivity index (χ2n) is 6.04. The lowest BCUT2D eigenvalue weighted by Gasteiger charge is -2.40. The summed E-state index contributed by atoms with van der Waals surface area (Å²) in [6.07, 6.45) is 8.55. The number of allylic oxidation sites excluding steroid dienone is 1. The molecule has 0 bridgehead atoms. The van der Waals surface area contributed by atoms with Crippen molar-refractivity contribution in [3.05, 3.63) is 47.0 Å². The van der Waals surface area contributed by atoms with Crippen molar-refractivity contribution >= 4 is 5.91 Å². The number of fused-ring (bicyclic) bond motifs is 1. The van der Waals surface area contributed by atoms with Gasteiger partial charge in [0.15, 0.2) is 0 Å². The van der Waals surface area contributed by atoms with Crippen LogP contribution in [-0.2, 0) is 11.2 Å². The standard InChI is InChI=1S/C18H23NO2/c1-2-3-4-5-10-19-16(12-18(19)21)14-6-8-15-13(11-14)7-9-17(15)20/h4-6,8,11,16-17,20H,2-3,7,9-10,12H2,1H3/b5-4-/t16-,17?/m1/s1. The minimum Gasteiger partial charge on any atom is -0.388 e. The molecule has 1 aliphatic carbocycles. The zero-order valence-electron chi connectivity index (χ0n) is 12.6. The largest absolute Gasteiger partial charge is 0.388 e. The minimum absolute atomic E-state index is 0.215. The van der Waals surface area contributed by atoms with Gasteiger partial charge in [-0.15, -0.1) is 0 Å². The molecule has 3 heteroatoms. The van der Waals surface area contributed by atoms with E-state index in [4.69, 9.17) is 0 Å². The molecule has 1 N–H and O–H groups in total. The second-order valence-corrected chi connectivity index (χ2v) is 6.04. The molecule has 2 atom stereocenters. The summed E-state index contributed by atoms with van der Waals surface area (Å²) in [5.74, 6) is 0.238. The number of aliphatic hydroxyl groups excluding tert-OH is 1. The lowest BCUT2D eigenvalue weighted by atomic mass is 9.91. The second kappa shape index (κ2) is 6.02. The van der Waals surface area contributed by atoms with Gasteiger partial charge in [-0.25, -0.2) is 0 Å². The summed E-state index contributed by atoms with van der Waals surface area (Å²) in [6, 6.07) is 6.52. The van der Waals surface area contributed by atoms with Crippen molar-refractivity contribution in [1.29, 1.82) is 0 Å². The average Bonchev–Trinajstić information content (AvgIpc) is 2.85. The average molecular weight is 285 g/mol. The molecule has 2 aliphatic rings. The van der Waals surface area contributed by atoms with Crippen LogP contribution in [0.1, 0.15) is 61.4 Å². The Bertz CT molecular complexity index is 564. The predicted molar refractivity (Wildman–Crippen MR) is 82.8 cm³/mol. The summed E-state index contributed by atoms with van der Waals surface area (Å²) < 4.78 is 0. The molecule has 3 rings (SSSR count). The van der Waals surface area contributed by atoms with Gasteiger partial charge in [0.05, 0.1) is 18.6 Å². The number of β-lactam (4-membered cyclic amide) rings is 1. The number of rotatable bonds is 5. The van der Waals surface area contributed by atoms with E-state index in [0.29, 0.717) is 13.0 Å². The van der Waals surface area contributed by atoms with Gasteiger partial charge in [0.25, 0.3) is 0 Å². The van der Waals surface area contributed by atoms with E-state index in [0.717, 1.165) is 31.2 Å². The summed E-state index contributed by atoms with van der Waals surface area (Å²) in [4.78, 5) is 13.8. The van der Waals surface area contributed by atoms with Crippen LogP contribution in [0.3, 0.4) is 0 Å². The maximum Gasteiger partial charge on any atom is 0.225 e. The summed E-state index contributed by atoms with van der Waals surface area (Å²) in [7, 11) is 0. The fourth-order valence-corrected chi connectivity index (χ4v) is 3.28. The number of amides is 1. The van der Waals surface area contributed by atoms with Crippen LogP contribution < -0.4 is 0 Å². The van der Waals surface area contributed by atoms with Crippen LogP contribution in [0.5, 0.6) is 0 Å². The highest BCUT2D eigenvalue weighted by Gasteiger charge is 2.36. The number of hydrogen-bond donors (Lipinski definition) is 1. The number of carbonyl (C=O) groups excluding carboxylic acids is 1. The lowest BCUT2D eigenvalue weighted by Crippen LogP contribution is -2.46. The first-order valence-corrected chi connectivity index (χ1v) is 7.96. The monoisotopic (exact) mass is 285 g/mol. The number of benzene rings is 1. The van der Waals surface area contributed by atoms with E-state index >= 15 is 0 Å². The van der Waals surface area contributed by atoms with E-state index < -0.39 is 0 Å². The Morgan fingerprint density at radius 2 is 2.24 bits per heavy atom. The zero-order valence-corrected chi connectivity index (χ0v) is 12.6. The molecule has 112 valence electrons. The van der Waals surface area contributed by atoms with Gasteiger partial charge in [-0.2, -0.15) is 0 Å². The van der Waals surface area contributed by atoms with E-state index in [9.17, 15) is 9.90 Å². The van der Waals surface area contributed by atoms with E-state index in [1.807, 2.05) is 11.0 Å². The van der Waals surface area contributed by atoms with Crippen molar-refractivity contribution in [1.82, 2.24) is 4.90 Å². The van der Waals surface area contributed by atoms with Crippen molar-refractivity contribution in [2.24, 2.45) is 0 Å². The fourth-order valence-electron chi connectivity index (χ4n) is 3.28. The third-order valence-corrected chi connectivity index (χ3v) is 4.59. The van der Waals surface area contributed by atoms with Gasteiger partial charge < -0.3 is 10.0 Å². The number of aryl methyl sites for hydroxylation is 1. The maximum atomic E-state index is 11.8. The van der Waals surface area contributed by atoms with Crippen molar-refractivity contribution in [2.45, 2.75) is 51.2 Å². The predicted octanol–water partition coefficient (Wildman–Crippen LogP) is 3.30. The Kier molecular flexibility index (Phi) is 4.11. The minimum atomic E-state index is -0.301. The zero-order chi connectivity index (χ0) is 14.8. The van der Waals surface area contributed by atoms with Crippen molar-refractivity contribution in [3.63, 3.8) is 0 Å². The molecule has 1 amide bonds. The third kappa shape index (κ3) is 2.75. The van der Waals surface area contributed by atoms with E-state index in [1.54, 1.807) is 0 Å². The first-order valence-electron chi connectivity index (χ1n) is 7.96. The molecule has 21 heavy (non-hydrogen) atoms. The Hall–Kier alpha value is -1.61. The van der Waals surface area contributed by atoms with Gasteiger partial charge in [-0.3, -0.25) is 4.79 Å². The molecule has 1 aromatic rings. The van der Waals surface area contributed by atoms with Crippen LogP contribution in [0.15, 0.2) is 30.4 Å². The Balaban J connectivity index is 1.70. The van der Waals surface area contributed by atoms with Crippen LogP contribution >= 0.6 is 0 Å². The molecular weight excluding hydrogens is 262 g/mol. The molecule has 0 radical (unpaired) electrons. The normalized spacial score (nSPS) is 24.5. The molecular formula is C18H23NO2. The summed E-state index contributed by atoms with van der Waals surface area (Å²) >= 11 is 0. The van der Waals surface area contributed by atoms with Gasteiger partial charge in [-0.1, -0.05) is 43.7 Å². The highest BCUT2D eigenvalue weighted by molar-refractivity contribution is 5.83. The molecule has 0 spiro atoms. The molecule has 1 fully saturated rings. The SMILES string of the molecule is CCC/C=C\CN1C(=O)C[C@@H]1c1ccc2c(c1)CCC2O. The van der Waals surface area contributed by atoms with Crippen LogP contribution in [0.4, 0.5) is 0 Å². The summed E-state index contributed by atoms with van der Waals surface area (Å²) in [5.41, 5.74) is 3.53. The summed E-state index contributed by atoms with van der Waals surface area (Å²) in [5, 5.41) is 9.87. The molecule has 0 aromatic heterocycles. The molecule has 1 aliphatic heterocycles. The first-order chi connectivity index (χ1) is 10.2. The molecule has 1 saturated heterocycles. The van der Waals surface area contributed by atoms with Crippen LogP contribution in [0.2, 0.25) is 0 Å². The van der Waals surface area contributed by atoms with Crippen molar-refractivity contribution in [3.8, 4) is 0 Å². The summed E-state index contributed by atoms with van der Waals surface area (Å²) in [6.45, 7) is 2.87. The maximum absolute atomic E-state index is 11.8. The van der Waals surface area contributed by atoms with Crippen molar-refractivity contribution < 1.29 is 9.90 Å². The van der Waals surface area contributed by atoms with Crippen LogP contribution in [0, 0.1) is 0 Å². The third-order valence-electron chi connectivity index (χ3n) is 4.59. The topological polar surface area (TPSA) is 40.5 Å². The number of carbonyl (C=O) groups is 1. The Morgan fingerprint density at radius 3 is 3.00 bits per heavy atom. The number of hydrogen-bond acceptors (Lipinski definition) is 2. The van der Waals surface area contributed by atoms with Crippen LogP contribution in [-0.4, -0.2) is 22.5 Å². The highest BCUT2D eigenvalue weighted by atomic mass is 16.3. The number of aliphatic hydroxyl groups is 1. The molecule has 3 nitrogen and oxygen atoms in total. The van der Waals surface area contributed by atoms with Crippen LogP contribution in [0.25, 0.3) is 0 Å². The van der Waals surface area contributed by atoms with Gasteiger partial charge in [0.1, 0.15) is 0 Å². The quantitative estimate of drug-likeness (QED) is 0.666. The van der Waals surface area contributed by atoms with E-state index in [1.165, 1.54) is 11.1 Å². The lowest BCUT2D eigenvalue weighted by molar-refractivity contribution is -0.145. The number of likely N-dealkylation sites (tertiary alicyclic amines) is 1. The van der Waals surface area contributed by atoms with Gasteiger partial charge >= 0.3 is 0 Å². The Morgan fingerprint density at radius 1 is 1.38 bits per heavy atom. The first kappa shape index (κ1) is 14.3. The van der Waals surface area contributed by atoms with Gasteiger partial charge in [0.2, 0.25) is 5.91 Å². The number of nitrogens with zero attached hydrogens (tertiary/aromatic N) is 1. The van der Waals surface area contributed by atoms with E-state index in [2.05, 4.69) is 31.2 Å². The highest BCUT2D eigenvalue weighted by Crippen LogP contribution is 2.38. The van der Waals surface area contributed by atoms with Gasteiger partial charge in [-0.05, 0) is 36.0 Å². The van der Waals surface area contributed by atoms with Gasteiger partial charge in [0, 0.05) is 6.54 Å². The molecule has 1 heterocycles. The molecule has 0 saturated carbocycles. The number of unbranched alkanes of at least 4 members (excludes halogenated alkanes) is 1.